The Morgan fingerprint density at radius 1 is 0.889 bits per heavy atom. The molecule has 1 aliphatic carbocycles. The molecule has 0 fully saturated rings. The lowest BCUT2D eigenvalue weighted by atomic mass is 9.97. The summed E-state index contributed by atoms with van der Waals surface area (Å²) >= 11 is 7.86. The molecule has 5 rings (SSSR count). The number of hydrogen-bond acceptors (Lipinski definition) is 4. The molecule has 0 saturated carbocycles. The lowest BCUT2D eigenvalue weighted by molar-refractivity contribution is 0.700. The van der Waals surface area contributed by atoms with Gasteiger partial charge in [0.05, 0.1) is 5.39 Å². The monoisotopic (exact) mass is 391 g/mol. The highest BCUT2D eigenvalue weighted by atomic mass is 35.5. The van der Waals surface area contributed by atoms with Gasteiger partial charge in [0, 0.05) is 21.2 Å². The smallest absolute Gasteiger partial charge is 0.163 e. The van der Waals surface area contributed by atoms with Crippen LogP contribution in [0.3, 0.4) is 0 Å². The van der Waals surface area contributed by atoms with E-state index in [0.717, 1.165) is 45.6 Å². The molecule has 2 aromatic heterocycles. The molecule has 27 heavy (non-hydrogen) atoms. The van der Waals surface area contributed by atoms with E-state index in [9.17, 15) is 0 Å². The van der Waals surface area contributed by atoms with Crippen LogP contribution in [0.15, 0.2) is 54.6 Å². The molecule has 5 heteroatoms. The molecule has 0 aliphatic heterocycles. The Morgan fingerprint density at radius 3 is 2.48 bits per heavy atom. The first-order valence-corrected chi connectivity index (χ1v) is 10.4. The number of fused-ring (bicyclic) bond motifs is 3. The van der Waals surface area contributed by atoms with E-state index in [4.69, 9.17) is 21.6 Å². The van der Waals surface area contributed by atoms with Crippen LogP contribution in [0.5, 0.6) is 0 Å². The van der Waals surface area contributed by atoms with E-state index in [2.05, 4.69) is 17.4 Å². The van der Waals surface area contributed by atoms with Gasteiger partial charge >= 0.3 is 0 Å². The fraction of sp³-hybridized carbons (Fsp3) is 0.182. The highest BCUT2D eigenvalue weighted by Gasteiger charge is 2.21. The van der Waals surface area contributed by atoms with E-state index >= 15 is 0 Å². The highest BCUT2D eigenvalue weighted by molar-refractivity contribution is 7.19. The zero-order valence-corrected chi connectivity index (χ0v) is 16.3. The number of aryl methyl sites for hydroxylation is 2. The van der Waals surface area contributed by atoms with Crippen molar-refractivity contribution >= 4 is 44.7 Å². The summed E-state index contributed by atoms with van der Waals surface area (Å²) in [7, 11) is 0. The van der Waals surface area contributed by atoms with E-state index in [1.54, 1.807) is 0 Å². The maximum Gasteiger partial charge on any atom is 0.163 e. The molecule has 0 spiro atoms. The van der Waals surface area contributed by atoms with Crippen LogP contribution < -0.4 is 5.32 Å². The number of thiophene rings is 1. The lowest BCUT2D eigenvalue weighted by Crippen LogP contribution is -2.02. The fourth-order valence-electron chi connectivity index (χ4n) is 3.63. The molecule has 0 unspecified atom stereocenters. The number of benzene rings is 2. The molecular weight excluding hydrogens is 374 g/mol. The van der Waals surface area contributed by atoms with Crippen molar-refractivity contribution in [2.45, 2.75) is 25.7 Å². The van der Waals surface area contributed by atoms with Crippen LogP contribution >= 0.6 is 22.9 Å². The second-order valence-corrected chi connectivity index (χ2v) is 8.30. The third-order valence-corrected chi connectivity index (χ3v) is 6.39. The zero-order chi connectivity index (χ0) is 18.2. The zero-order valence-electron chi connectivity index (χ0n) is 14.7. The van der Waals surface area contributed by atoms with Crippen molar-refractivity contribution in [2.75, 3.05) is 5.32 Å². The van der Waals surface area contributed by atoms with Crippen LogP contribution in [-0.2, 0) is 12.8 Å². The Balaban J connectivity index is 1.69. The molecule has 2 aromatic carbocycles. The molecule has 1 aliphatic rings. The maximum atomic E-state index is 6.04. The molecule has 0 bridgehead atoms. The first-order chi connectivity index (χ1) is 13.3. The first-order valence-electron chi connectivity index (χ1n) is 9.18. The quantitative estimate of drug-likeness (QED) is 0.425. The van der Waals surface area contributed by atoms with Crippen molar-refractivity contribution < 1.29 is 0 Å². The van der Waals surface area contributed by atoms with Crippen LogP contribution in [0.2, 0.25) is 5.02 Å². The predicted molar refractivity (Wildman–Crippen MR) is 114 cm³/mol. The minimum Gasteiger partial charge on any atom is -0.340 e. The van der Waals surface area contributed by atoms with Crippen molar-refractivity contribution in [1.29, 1.82) is 0 Å². The molecule has 0 radical (unpaired) electrons. The minimum atomic E-state index is 0.728. The number of aromatic nitrogens is 2. The van der Waals surface area contributed by atoms with Crippen LogP contribution in [0.25, 0.3) is 21.6 Å². The SMILES string of the molecule is Clc1ccc(Nc2nc(-c3ccccc3)nc3sc4c(c23)CCCC4)cc1. The molecule has 0 saturated heterocycles. The van der Waals surface area contributed by atoms with Gasteiger partial charge in [0.2, 0.25) is 0 Å². The van der Waals surface area contributed by atoms with Gasteiger partial charge in [0.15, 0.2) is 5.82 Å². The summed E-state index contributed by atoms with van der Waals surface area (Å²) in [6, 6.07) is 17.9. The normalized spacial score (nSPS) is 13.5. The summed E-state index contributed by atoms with van der Waals surface area (Å²) in [5.41, 5.74) is 3.44. The van der Waals surface area contributed by atoms with Gasteiger partial charge in [-0.3, -0.25) is 0 Å². The van der Waals surface area contributed by atoms with Gasteiger partial charge in [0.25, 0.3) is 0 Å². The van der Waals surface area contributed by atoms with Crippen LogP contribution in [-0.4, -0.2) is 9.97 Å². The number of anilines is 2. The summed E-state index contributed by atoms with van der Waals surface area (Å²) < 4.78 is 0. The second-order valence-electron chi connectivity index (χ2n) is 6.78. The number of hydrogen-bond donors (Lipinski definition) is 1. The molecule has 0 amide bonds. The average Bonchev–Trinajstić information content (AvgIpc) is 3.09. The van der Waals surface area contributed by atoms with Crippen molar-refractivity contribution in [1.82, 2.24) is 9.97 Å². The molecule has 2 heterocycles. The standard InChI is InChI=1S/C22H18ClN3S/c23-15-10-12-16(13-11-15)24-21-19-17-8-4-5-9-18(17)27-22(19)26-20(25-21)14-6-2-1-3-7-14/h1-3,6-7,10-13H,4-5,8-9H2,(H,24,25,26). The van der Waals surface area contributed by atoms with E-state index in [0.29, 0.717) is 0 Å². The van der Waals surface area contributed by atoms with Gasteiger partial charge in [-0.15, -0.1) is 11.3 Å². The van der Waals surface area contributed by atoms with E-state index < -0.39 is 0 Å². The Hall–Kier alpha value is -2.43. The molecule has 134 valence electrons. The minimum absolute atomic E-state index is 0.728. The largest absolute Gasteiger partial charge is 0.340 e. The van der Waals surface area contributed by atoms with Crippen molar-refractivity contribution in [3.63, 3.8) is 0 Å². The first kappa shape index (κ1) is 16.7. The molecule has 1 N–H and O–H groups in total. The van der Waals surface area contributed by atoms with Gasteiger partial charge in [-0.25, -0.2) is 9.97 Å². The third-order valence-electron chi connectivity index (χ3n) is 4.95. The topological polar surface area (TPSA) is 37.8 Å². The Morgan fingerprint density at radius 2 is 1.67 bits per heavy atom. The number of nitrogens with zero attached hydrogens (tertiary/aromatic N) is 2. The summed E-state index contributed by atoms with van der Waals surface area (Å²) in [4.78, 5) is 12.4. The predicted octanol–water partition coefficient (Wildman–Crippen LogP) is 6.63. The summed E-state index contributed by atoms with van der Waals surface area (Å²) in [6.07, 6.45) is 4.76. The van der Waals surface area contributed by atoms with Gasteiger partial charge in [-0.1, -0.05) is 41.9 Å². The summed E-state index contributed by atoms with van der Waals surface area (Å²) in [6.45, 7) is 0. The number of nitrogens with one attached hydrogen (secondary N) is 1. The maximum absolute atomic E-state index is 6.04. The third kappa shape index (κ3) is 3.20. The Bertz CT molecular complexity index is 1100. The molecular formula is C22H18ClN3S. The number of halogens is 1. The Kier molecular flexibility index (Phi) is 4.30. The van der Waals surface area contributed by atoms with Gasteiger partial charge in [-0.2, -0.15) is 0 Å². The average molecular weight is 392 g/mol. The number of rotatable bonds is 3. The summed E-state index contributed by atoms with van der Waals surface area (Å²) in [5.74, 6) is 1.65. The molecule has 4 aromatic rings. The van der Waals surface area contributed by atoms with Gasteiger partial charge < -0.3 is 5.32 Å². The second kappa shape index (κ2) is 6.95. The molecule has 3 nitrogen and oxygen atoms in total. The van der Waals surface area contributed by atoms with Crippen LogP contribution in [0.4, 0.5) is 11.5 Å². The van der Waals surface area contributed by atoms with Gasteiger partial charge in [-0.05, 0) is 55.5 Å². The molecule has 0 atom stereocenters. The lowest BCUT2D eigenvalue weighted by Gasteiger charge is -2.13. The van der Waals surface area contributed by atoms with Crippen molar-refractivity contribution in [3.8, 4) is 11.4 Å². The van der Waals surface area contributed by atoms with Crippen LogP contribution in [0, 0.1) is 0 Å². The van der Waals surface area contributed by atoms with E-state index in [1.807, 2.05) is 53.8 Å². The highest BCUT2D eigenvalue weighted by Crippen LogP contribution is 2.40. The van der Waals surface area contributed by atoms with Gasteiger partial charge in [0.1, 0.15) is 10.6 Å². The van der Waals surface area contributed by atoms with Crippen LogP contribution in [0.1, 0.15) is 23.3 Å². The summed E-state index contributed by atoms with van der Waals surface area (Å²) in [5, 5.41) is 5.43. The van der Waals surface area contributed by atoms with Crippen molar-refractivity contribution in [2.24, 2.45) is 0 Å². The van der Waals surface area contributed by atoms with E-state index in [1.165, 1.54) is 28.7 Å². The van der Waals surface area contributed by atoms with Crippen molar-refractivity contribution in [3.05, 3.63) is 70.1 Å². The Labute approximate surface area is 167 Å². The fourth-order valence-corrected chi connectivity index (χ4v) is 5.02. The van der Waals surface area contributed by atoms with E-state index in [-0.39, 0.29) is 0 Å².